The van der Waals surface area contributed by atoms with Crippen LogP contribution >= 0.6 is 0 Å². The number of benzene rings is 1. The third-order valence-electron chi connectivity index (χ3n) is 7.22. The predicted octanol–water partition coefficient (Wildman–Crippen LogP) is 4.74. The molecular weight excluding hydrogens is 442 g/mol. The Hall–Kier alpha value is -3.23. The molecule has 0 spiro atoms. The number of pyridine rings is 1. The average Bonchev–Trinajstić information content (AvgIpc) is 3.52. The summed E-state index contributed by atoms with van der Waals surface area (Å²) in [7, 11) is 1.87. The van der Waals surface area contributed by atoms with E-state index in [4.69, 9.17) is 14.2 Å². The third kappa shape index (κ3) is 3.90. The van der Waals surface area contributed by atoms with Crippen molar-refractivity contribution in [3.05, 3.63) is 54.6 Å². The first-order chi connectivity index (χ1) is 17.0. The number of aromatic nitrogens is 4. The molecule has 35 heavy (non-hydrogen) atoms. The molecule has 1 aliphatic carbocycles. The molecule has 0 unspecified atom stereocenters. The van der Waals surface area contributed by atoms with Gasteiger partial charge in [0.05, 0.1) is 30.0 Å². The van der Waals surface area contributed by atoms with Gasteiger partial charge in [-0.1, -0.05) is 6.92 Å². The van der Waals surface area contributed by atoms with Crippen LogP contribution in [0, 0.1) is 5.92 Å². The summed E-state index contributed by atoms with van der Waals surface area (Å²) in [4.78, 5) is 13.7. The summed E-state index contributed by atoms with van der Waals surface area (Å²) < 4.78 is 21.4. The Morgan fingerprint density at radius 2 is 1.94 bits per heavy atom. The monoisotopic (exact) mass is 473 g/mol. The van der Waals surface area contributed by atoms with Gasteiger partial charge in [0.25, 0.3) is 0 Å². The fourth-order valence-electron chi connectivity index (χ4n) is 5.59. The first-order valence-electron chi connectivity index (χ1n) is 12.3. The molecular formula is C27H31N5O3. The maximum Gasteiger partial charge on any atom is 0.163 e. The highest BCUT2D eigenvalue weighted by molar-refractivity contribution is 5.81. The highest BCUT2D eigenvalue weighted by atomic mass is 16.8. The molecule has 0 amide bonds. The largest absolute Gasteiger partial charge is 0.493 e. The molecule has 1 aromatic carbocycles. The number of nitrogens with one attached hydrogen (secondary N) is 1. The van der Waals surface area contributed by atoms with E-state index in [9.17, 15) is 0 Å². The van der Waals surface area contributed by atoms with Crippen molar-refractivity contribution < 1.29 is 14.2 Å². The standard InChI is InChI=1S/C27H31N5O3/c1-5-20-19-10-11-32(26(19)30-15-29-20)22-12-17(24-25(22)35-27(2,3)34-24)14-33-18-8-6-16-7-9-23(28-4)31-21(16)13-18/h6-11,13,15,17,22,24-25H,5,12,14H2,1-4H3,(H,28,31)/t17-,22-,24-,25+/m1/s1. The van der Waals surface area contributed by atoms with Gasteiger partial charge in [0.1, 0.15) is 29.6 Å². The molecule has 0 radical (unpaired) electrons. The van der Waals surface area contributed by atoms with E-state index >= 15 is 0 Å². The second-order valence-corrected chi connectivity index (χ2v) is 9.87. The summed E-state index contributed by atoms with van der Waals surface area (Å²) in [5.41, 5.74) is 2.93. The van der Waals surface area contributed by atoms with Crippen LogP contribution in [0.4, 0.5) is 5.82 Å². The molecule has 2 fully saturated rings. The minimum Gasteiger partial charge on any atom is -0.493 e. The van der Waals surface area contributed by atoms with Gasteiger partial charge in [-0.3, -0.25) is 0 Å². The van der Waals surface area contributed by atoms with Gasteiger partial charge in [-0.05, 0) is 57.0 Å². The fraction of sp³-hybridized carbons (Fsp3) is 0.444. The summed E-state index contributed by atoms with van der Waals surface area (Å²) >= 11 is 0. The zero-order chi connectivity index (χ0) is 24.2. The van der Waals surface area contributed by atoms with Crippen LogP contribution in [0.2, 0.25) is 0 Å². The lowest BCUT2D eigenvalue weighted by Gasteiger charge is -2.24. The SMILES string of the molecule is CCc1ncnc2c1ccn2[C@@H]1C[C@H](COc2ccc3ccc(NC)nc3c2)[C@H]2OC(C)(C)O[C@H]21. The van der Waals surface area contributed by atoms with Crippen LogP contribution in [0.15, 0.2) is 48.9 Å². The van der Waals surface area contributed by atoms with Crippen molar-refractivity contribution >= 4 is 27.8 Å². The van der Waals surface area contributed by atoms with Crippen molar-refractivity contribution in [2.24, 2.45) is 5.92 Å². The Balaban J connectivity index is 1.26. The maximum absolute atomic E-state index is 6.42. The molecule has 1 aliphatic heterocycles. The Kier molecular flexibility index (Phi) is 5.38. The van der Waals surface area contributed by atoms with Crippen molar-refractivity contribution in [3.63, 3.8) is 0 Å². The maximum atomic E-state index is 6.42. The quantitative estimate of drug-likeness (QED) is 0.433. The minimum atomic E-state index is -0.630. The molecule has 1 N–H and O–H groups in total. The molecule has 3 aromatic heterocycles. The van der Waals surface area contributed by atoms with Crippen molar-refractivity contribution in [2.75, 3.05) is 19.0 Å². The smallest absolute Gasteiger partial charge is 0.163 e. The van der Waals surface area contributed by atoms with E-state index in [1.807, 2.05) is 45.2 Å². The zero-order valence-electron chi connectivity index (χ0n) is 20.6. The van der Waals surface area contributed by atoms with Crippen molar-refractivity contribution in [3.8, 4) is 5.75 Å². The van der Waals surface area contributed by atoms with Crippen molar-refractivity contribution in [2.45, 2.75) is 57.6 Å². The number of rotatable bonds is 6. The first kappa shape index (κ1) is 22.2. The first-order valence-corrected chi connectivity index (χ1v) is 12.3. The van der Waals surface area contributed by atoms with E-state index in [1.165, 1.54) is 0 Å². The Morgan fingerprint density at radius 1 is 1.11 bits per heavy atom. The molecule has 1 saturated carbocycles. The number of ether oxygens (including phenoxy) is 3. The summed E-state index contributed by atoms with van der Waals surface area (Å²) in [6.45, 7) is 6.64. The van der Waals surface area contributed by atoms with Crippen molar-refractivity contribution in [1.82, 2.24) is 19.5 Å². The second-order valence-electron chi connectivity index (χ2n) is 9.87. The molecule has 8 heteroatoms. The van der Waals surface area contributed by atoms with Crippen LogP contribution in [0.3, 0.4) is 0 Å². The van der Waals surface area contributed by atoms with E-state index in [1.54, 1.807) is 6.33 Å². The van der Waals surface area contributed by atoms with Crippen LogP contribution in [-0.2, 0) is 15.9 Å². The topological polar surface area (TPSA) is 83.3 Å². The summed E-state index contributed by atoms with van der Waals surface area (Å²) in [6, 6.07) is 12.3. The Bertz CT molecular complexity index is 1380. The molecule has 6 rings (SSSR count). The Labute approximate surface area is 204 Å². The molecule has 0 bridgehead atoms. The van der Waals surface area contributed by atoms with E-state index in [2.05, 4.69) is 50.1 Å². The number of hydrogen-bond acceptors (Lipinski definition) is 7. The highest BCUT2D eigenvalue weighted by Crippen LogP contribution is 2.48. The van der Waals surface area contributed by atoms with Crippen LogP contribution in [0.1, 0.15) is 38.9 Å². The Morgan fingerprint density at radius 3 is 2.77 bits per heavy atom. The van der Waals surface area contributed by atoms with Crippen LogP contribution in [0.5, 0.6) is 5.75 Å². The zero-order valence-corrected chi connectivity index (χ0v) is 20.6. The van der Waals surface area contributed by atoms with E-state index in [-0.39, 0.29) is 24.2 Å². The van der Waals surface area contributed by atoms with Crippen LogP contribution in [-0.4, -0.2) is 51.2 Å². The summed E-state index contributed by atoms with van der Waals surface area (Å²) in [5.74, 6) is 1.20. The van der Waals surface area contributed by atoms with Gasteiger partial charge in [0.15, 0.2) is 5.79 Å². The lowest BCUT2D eigenvalue weighted by atomic mass is 10.1. The molecule has 1 saturated heterocycles. The molecule has 2 aliphatic rings. The normalized spacial score (nSPS) is 25.3. The number of aryl methyl sites for hydroxylation is 1. The molecule has 4 aromatic rings. The number of anilines is 1. The van der Waals surface area contributed by atoms with Gasteiger partial charge in [-0.2, -0.15) is 0 Å². The van der Waals surface area contributed by atoms with E-state index in [0.717, 1.165) is 52.0 Å². The lowest BCUT2D eigenvalue weighted by Crippen LogP contribution is -2.29. The van der Waals surface area contributed by atoms with Gasteiger partial charge in [0, 0.05) is 36.0 Å². The summed E-state index contributed by atoms with van der Waals surface area (Å²) in [5, 5.41) is 5.28. The molecule has 8 nitrogen and oxygen atoms in total. The van der Waals surface area contributed by atoms with Crippen molar-refractivity contribution in [1.29, 1.82) is 0 Å². The van der Waals surface area contributed by atoms with Gasteiger partial charge in [-0.25, -0.2) is 15.0 Å². The number of fused-ring (bicyclic) bond motifs is 3. The molecule has 182 valence electrons. The second kappa shape index (κ2) is 8.46. The van der Waals surface area contributed by atoms with E-state index in [0.29, 0.717) is 6.61 Å². The minimum absolute atomic E-state index is 0.0468. The number of nitrogens with zero attached hydrogens (tertiary/aromatic N) is 4. The fourth-order valence-corrected chi connectivity index (χ4v) is 5.59. The van der Waals surface area contributed by atoms with Gasteiger partial charge in [0.2, 0.25) is 0 Å². The van der Waals surface area contributed by atoms with Gasteiger partial charge < -0.3 is 24.1 Å². The van der Waals surface area contributed by atoms with E-state index < -0.39 is 5.79 Å². The van der Waals surface area contributed by atoms with Crippen LogP contribution in [0.25, 0.3) is 21.9 Å². The average molecular weight is 474 g/mol. The highest BCUT2D eigenvalue weighted by Gasteiger charge is 2.55. The lowest BCUT2D eigenvalue weighted by molar-refractivity contribution is -0.161. The predicted molar refractivity (Wildman–Crippen MR) is 135 cm³/mol. The molecule has 4 heterocycles. The molecule has 4 atom stereocenters. The van der Waals surface area contributed by atoms with Gasteiger partial charge in [-0.15, -0.1) is 0 Å². The van der Waals surface area contributed by atoms with Gasteiger partial charge >= 0.3 is 0 Å². The third-order valence-corrected chi connectivity index (χ3v) is 7.22. The number of hydrogen-bond donors (Lipinski definition) is 1. The summed E-state index contributed by atoms with van der Waals surface area (Å²) in [6.07, 6.45) is 5.43. The van der Waals surface area contributed by atoms with Crippen LogP contribution < -0.4 is 10.1 Å².